The van der Waals surface area contributed by atoms with Gasteiger partial charge in [-0.3, -0.25) is 0 Å². The summed E-state index contributed by atoms with van der Waals surface area (Å²) in [6.07, 6.45) is -7.52. The van der Waals surface area contributed by atoms with Crippen LogP contribution in [0.15, 0.2) is 18.2 Å². The SMILES string of the molecule is CCc1ccc(C(F)F)c(OC(F)(F)F)c1. The van der Waals surface area contributed by atoms with Crippen LogP contribution in [0.25, 0.3) is 0 Å². The third-order valence-electron chi connectivity index (χ3n) is 1.95. The Bertz CT molecular complexity index is 359. The fourth-order valence-corrected chi connectivity index (χ4v) is 1.19. The minimum Gasteiger partial charge on any atom is -0.405 e. The summed E-state index contributed by atoms with van der Waals surface area (Å²) in [4.78, 5) is 0. The minimum absolute atomic E-state index is 0.442. The summed E-state index contributed by atoms with van der Waals surface area (Å²) in [5.74, 6) is -0.832. The zero-order valence-electron chi connectivity index (χ0n) is 8.31. The van der Waals surface area contributed by atoms with Crippen molar-refractivity contribution in [2.24, 2.45) is 0 Å². The molecule has 1 nitrogen and oxygen atoms in total. The predicted octanol–water partition coefficient (Wildman–Crippen LogP) is 4.09. The number of hydrogen-bond acceptors (Lipinski definition) is 1. The molecule has 0 unspecified atom stereocenters. The largest absolute Gasteiger partial charge is 0.573 e. The van der Waals surface area contributed by atoms with Crippen LogP contribution in [0.1, 0.15) is 24.5 Å². The highest BCUT2D eigenvalue weighted by molar-refractivity contribution is 5.38. The summed E-state index contributed by atoms with van der Waals surface area (Å²) in [6, 6.07) is 3.28. The molecular formula is C10H9F5O. The van der Waals surface area contributed by atoms with Gasteiger partial charge in [-0.05, 0) is 24.1 Å². The van der Waals surface area contributed by atoms with Crippen LogP contribution in [0.4, 0.5) is 22.0 Å². The maximum Gasteiger partial charge on any atom is 0.573 e. The molecule has 0 atom stereocenters. The molecule has 0 saturated heterocycles. The van der Waals surface area contributed by atoms with Gasteiger partial charge in [-0.25, -0.2) is 8.78 Å². The Morgan fingerprint density at radius 2 is 1.88 bits per heavy atom. The average molecular weight is 240 g/mol. The fourth-order valence-electron chi connectivity index (χ4n) is 1.19. The first kappa shape index (κ1) is 12.7. The van der Waals surface area contributed by atoms with Crippen molar-refractivity contribution in [2.75, 3.05) is 0 Å². The van der Waals surface area contributed by atoms with E-state index in [2.05, 4.69) is 4.74 Å². The van der Waals surface area contributed by atoms with E-state index in [0.717, 1.165) is 12.1 Å². The summed E-state index contributed by atoms with van der Waals surface area (Å²) in [7, 11) is 0. The van der Waals surface area contributed by atoms with Gasteiger partial charge in [0.1, 0.15) is 5.75 Å². The van der Waals surface area contributed by atoms with E-state index in [9.17, 15) is 22.0 Å². The van der Waals surface area contributed by atoms with Crippen LogP contribution in [-0.4, -0.2) is 6.36 Å². The molecule has 0 aromatic heterocycles. The Hall–Kier alpha value is -1.33. The van der Waals surface area contributed by atoms with Gasteiger partial charge < -0.3 is 4.74 Å². The van der Waals surface area contributed by atoms with Crippen molar-refractivity contribution < 1.29 is 26.7 Å². The molecule has 1 aromatic carbocycles. The van der Waals surface area contributed by atoms with Gasteiger partial charge in [0, 0.05) is 0 Å². The summed E-state index contributed by atoms with van der Waals surface area (Å²) in [6.45, 7) is 1.70. The number of benzene rings is 1. The van der Waals surface area contributed by atoms with Gasteiger partial charge in [0.15, 0.2) is 0 Å². The molecule has 0 bridgehead atoms. The first-order chi connectivity index (χ1) is 7.33. The summed E-state index contributed by atoms with van der Waals surface area (Å²) < 4.78 is 64.2. The van der Waals surface area contributed by atoms with E-state index in [1.165, 1.54) is 6.07 Å². The number of rotatable bonds is 3. The van der Waals surface area contributed by atoms with Gasteiger partial charge in [0.2, 0.25) is 0 Å². The molecule has 0 saturated carbocycles. The third kappa shape index (κ3) is 3.36. The molecule has 0 radical (unpaired) electrons. The molecule has 0 spiro atoms. The van der Waals surface area contributed by atoms with Crippen molar-refractivity contribution >= 4 is 0 Å². The number of ether oxygens (including phenoxy) is 1. The average Bonchev–Trinajstić information content (AvgIpc) is 2.14. The fraction of sp³-hybridized carbons (Fsp3) is 0.400. The van der Waals surface area contributed by atoms with Crippen LogP contribution >= 0.6 is 0 Å². The predicted molar refractivity (Wildman–Crippen MR) is 47.5 cm³/mol. The van der Waals surface area contributed by atoms with Crippen molar-refractivity contribution in [2.45, 2.75) is 26.1 Å². The van der Waals surface area contributed by atoms with Crippen LogP contribution in [0, 0.1) is 0 Å². The smallest absolute Gasteiger partial charge is 0.405 e. The maximum atomic E-state index is 12.4. The summed E-state index contributed by atoms with van der Waals surface area (Å²) in [5.41, 5.74) is -0.252. The molecule has 0 amide bonds. The molecule has 0 aliphatic heterocycles. The Labute approximate surface area is 88.8 Å². The zero-order chi connectivity index (χ0) is 12.3. The molecule has 1 aromatic rings. The molecule has 0 fully saturated rings. The van der Waals surface area contributed by atoms with Crippen molar-refractivity contribution in [1.29, 1.82) is 0 Å². The van der Waals surface area contributed by atoms with E-state index in [1.807, 2.05) is 0 Å². The van der Waals surface area contributed by atoms with Crippen molar-refractivity contribution in [3.63, 3.8) is 0 Å². The second-order valence-electron chi connectivity index (χ2n) is 3.07. The highest BCUT2D eigenvalue weighted by Crippen LogP contribution is 2.33. The minimum atomic E-state index is -4.96. The van der Waals surface area contributed by atoms with Crippen molar-refractivity contribution in [1.82, 2.24) is 0 Å². The number of alkyl halides is 5. The Kier molecular flexibility index (Phi) is 3.72. The number of aryl methyl sites for hydroxylation is 1. The standard InChI is InChI=1S/C10H9F5O/c1-2-6-3-4-7(9(11)12)8(5-6)16-10(13,14)15/h3-5,9H,2H2,1H3. The number of hydrogen-bond donors (Lipinski definition) is 0. The van der Waals surface area contributed by atoms with Gasteiger partial charge in [0.25, 0.3) is 6.43 Å². The van der Waals surface area contributed by atoms with Crippen LogP contribution in [0.2, 0.25) is 0 Å². The first-order valence-electron chi connectivity index (χ1n) is 4.50. The molecule has 16 heavy (non-hydrogen) atoms. The summed E-state index contributed by atoms with van der Waals surface area (Å²) in [5, 5.41) is 0. The second kappa shape index (κ2) is 4.67. The second-order valence-corrected chi connectivity index (χ2v) is 3.07. The topological polar surface area (TPSA) is 9.23 Å². The molecule has 0 aliphatic rings. The van der Waals surface area contributed by atoms with Gasteiger partial charge in [-0.15, -0.1) is 13.2 Å². The normalized spacial score (nSPS) is 11.9. The lowest BCUT2D eigenvalue weighted by Gasteiger charge is -2.13. The van der Waals surface area contributed by atoms with E-state index < -0.39 is 24.1 Å². The quantitative estimate of drug-likeness (QED) is 0.723. The highest BCUT2D eigenvalue weighted by atomic mass is 19.4. The van der Waals surface area contributed by atoms with Gasteiger partial charge in [0.05, 0.1) is 5.56 Å². The summed E-state index contributed by atoms with van der Waals surface area (Å²) >= 11 is 0. The lowest BCUT2D eigenvalue weighted by Crippen LogP contribution is -2.18. The maximum absolute atomic E-state index is 12.4. The van der Waals surface area contributed by atoms with Crippen molar-refractivity contribution in [3.8, 4) is 5.75 Å². The molecule has 0 aliphatic carbocycles. The Morgan fingerprint density at radius 1 is 1.25 bits per heavy atom. The third-order valence-corrected chi connectivity index (χ3v) is 1.95. The van der Waals surface area contributed by atoms with Crippen LogP contribution in [0.5, 0.6) is 5.75 Å². The monoisotopic (exact) mass is 240 g/mol. The molecule has 0 heterocycles. The van der Waals surface area contributed by atoms with Gasteiger partial charge in [-0.2, -0.15) is 0 Å². The molecule has 90 valence electrons. The number of halogens is 5. The van der Waals surface area contributed by atoms with E-state index in [4.69, 9.17) is 0 Å². The first-order valence-corrected chi connectivity index (χ1v) is 4.50. The zero-order valence-corrected chi connectivity index (χ0v) is 8.31. The lowest BCUT2D eigenvalue weighted by atomic mass is 10.1. The Balaban J connectivity index is 3.10. The highest BCUT2D eigenvalue weighted by Gasteiger charge is 2.33. The van der Waals surface area contributed by atoms with Crippen LogP contribution in [0.3, 0.4) is 0 Å². The molecule has 6 heteroatoms. The lowest BCUT2D eigenvalue weighted by molar-refractivity contribution is -0.275. The van der Waals surface area contributed by atoms with Crippen molar-refractivity contribution in [3.05, 3.63) is 29.3 Å². The van der Waals surface area contributed by atoms with Crippen LogP contribution in [-0.2, 0) is 6.42 Å². The van der Waals surface area contributed by atoms with E-state index >= 15 is 0 Å². The van der Waals surface area contributed by atoms with E-state index in [1.54, 1.807) is 6.92 Å². The molecule has 0 N–H and O–H groups in total. The van der Waals surface area contributed by atoms with E-state index in [-0.39, 0.29) is 0 Å². The molecule has 1 rings (SSSR count). The van der Waals surface area contributed by atoms with Gasteiger partial charge >= 0.3 is 6.36 Å². The van der Waals surface area contributed by atoms with Gasteiger partial charge in [-0.1, -0.05) is 13.0 Å². The molecular weight excluding hydrogens is 231 g/mol. The van der Waals surface area contributed by atoms with E-state index in [0.29, 0.717) is 12.0 Å². The Morgan fingerprint density at radius 3 is 2.31 bits per heavy atom. The van der Waals surface area contributed by atoms with Crippen LogP contribution < -0.4 is 4.74 Å².